The molecular formula is C14H22BrNO2. The summed E-state index contributed by atoms with van der Waals surface area (Å²) < 4.78 is 5.19. The maximum Gasteiger partial charge on any atom is 0.417 e. The van der Waals surface area contributed by atoms with Crippen LogP contribution in [-0.2, 0) is 4.74 Å². The van der Waals surface area contributed by atoms with Crippen molar-refractivity contribution in [2.75, 3.05) is 11.9 Å². The number of hydrogen-bond donors (Lipinski definition) is 0. The zero-order chi connectivity index (χ0) is 13.1. The number of rotatable bonds is 8. The highest BCUT2D eigenvalue weighted by atomic mass is 79.9. The lowest BCUT2D eigenvalue weighted by molar-refractivity contribution is 0.125. The molecule has 0 aromatic rings. The molecule has 0 spiro atoms. The summed E-state index contributed by atoms with van der Waals surface area (Å²) in [6, 6.07) is 0. The topological polar surface area (TPSA) is 29.5 Å². The Balaban J connectivity index is 1.94. The molecule has 3 nitrogen and oxygen atoms in total. The number of hydrogen-bond acceptors (Lipinski definition) is 2. The second kappa shape index (κ2) is 10.2. The van der Waals surface area contributed by atoms with Crippen LogP contribution in [0.5, 0.6) is 0 Å². The summed E-state index contributed by atoms with van der Waals surface area (Å²) in [6.45, 7) is 0.523. The fraction of sp³-hybridized carbons (Fsp3) is 0.643. The van der Waals surface area contributed by atoms with E-state index in [0.717, 1.165) is 24.6 Å². The van der Waals surface area contributed by atoms with Gasteiger partial charge in [-0.2, -0.15) is 0 Å². The summed E-state index contributed by atoms with van der Waals surface area (Å²) in [5.41, 5.74) is 0. The van der Waals surface area contributed by atoms with Crippen molar-refractivity contribution in [1.82, 2.24) is 4.90 Å². The number of halogens is 1. The largest absolute Gasteiger partial charge is 0.449 e. The standard InChI is InChI=1S/C14H22BrNO2/c15-10-6-3-1-2-4-9-13-18-14(17)16-11-7-5-8-12-16/h7-8,11-12H,1-6,9-10,13H2. The van der Waals surface area contributed by atoms with Gasteiger partial charge in [0.25, 0.3) is 0 Å². The number of nitrogens with zero attached hydrogens (tertiary/aromatic N) is 1. The number of carbonyl (C=O) groups excluding carboxylic acids is 1. The van der Waals surface area contributed by atoms with Crippen LogP contribution in [0.4, 0.5) is 4.79 Å². The van der Waals surface area contributed by atoms with Gasteiger partial charge in [-0.05, 0) is 19.3 Å². The number of amides is 1. The second-order valence-corrected chi connectivity index (χ2v) is 5.13. The molecule has 0 aromatic heterocycles. The number of allylic oxidation sites excluding steroid dienone is 2. The molecule has 0 unspecified atom stereocenters. The van der Waals surface area contributed by atoms with Crippen molar-refractivity contribution in [3.8, 4) is 0 Å². The quantitative estimate of drug-likeness (QED) is 0.484. The summed E-state index contributed by atoms with van der Waals surface area (Å²) in [5, 5.41) is 1.10. The van der Waals surface area contributed by atoms with Crippen LogP contribution in [0.25, 0.3) is 0 Å². The van der Waals surface area contributed by atoms with Gasteiger partial charge in [-0.25, -0.2) is 4.79 Å². The molecule has 1 aliphatic heterocycles. The van der Waals surface area contributed by atoms with Gasteiger partial charge in [0.2, 0.25) is 0 Å². The van der Waals surface area contributed by atoms with Gasteiger partial charge in [0, 0.05) is 17.7 Å². The van der Waals surface area contributed by atoms with E-state index in [1.165, 1.54) is 30.6 Å². The Labute approximate surface area is 118 Å². The van der Waals surface area contributed by atoms with E-state index in [-0.39, 0.29) is 6.09 Å². The monoisotopic (exact) mass is 315 g/mol. The Morgan fingerprint density at radius 3 is 2.33 bits per heavy atom. The molecule has 0 bridgehead atoms. The van der Waals surface area contributed by atoms with Gasteiger partial charge in [0.15, 0.2) is 0 Å². The van der Waals surface area contributed by atoms with Gasteiger partial charge in [-0.3, -0.25) is 4.90 Å². The molecule has 0 saturated heterocycles. The molecule has 0 aliphatic carbocycles. The van der Waals surface area contributed by atoms with Crippen LogP contribution in [0.3, 0.4) is 0 Å². The van der Waals surface area contributed by atoms with Crippen molar-refractivity contribution in [3.05, 3.63) is 24.6 Å². The van der Waals surface area contributed by atoms with Crippen LogP contribution >= 0.6 is 15.9 Å². The molecule has 4 heteroatoms. The fourth-order valence-electron chi connectivity index (χ4n) is 1.74. The van der Waals surface area contributed by atoms with Gasteiger partial charge >= 0.3 is 6.09 Å². The zero-order valence-corrected chi connectivity index (χ0v) is 12.4. The molecule has 0 radical (unpaired) electrons. The lowest BCUT2D eigenvalue weighted by atomic mass is 10.1. The van der Waals surface area contributed by atoms with Gasteiger partial charge in [0.1, 0.15) is 0 Å². The third-order valence-electron chi connectivity index (χ3n) is 2.77. The molecule has 0 atom stereocenters. The zero-order valence-electron chi connectivity index (χ0n) is 10.8. The minimum absolute atomic E-state index is 0.276. The molecule has 1 aliphatic rings. The molecule has 0 saturated carbocycles. The normalized spacial score (nSPS) is 13.9. The third kappa shape index (κ3) is 6.84. The third-order valence-corrected chi connectivity index (χ3v) is 3.33. The Morgan fingerprint density at radius 2 is 1.67 bits per heavy atom. The first-order valence-electron chi connectivity index (χ1n) is 6.69. The summed E-state index contributed by atoms with van der Waals surface area (Å²) in [6.07, 6.45) is 15.1. The van der Waals surface area contributed by atoms with E-state index in [4.69, 9.17) is 4.74 Å². The first-order valence-corrected chi connectivity index (χ1v) is 7.81. The van der Waals surface area contributed by atoms with Crippen LogP contribution in [0.15, 0.2) is 24.6 Å². The maximum absolute atomic E-state index is 11.6. The molecular weight excluding hydrogens is 294 g/mol. The van der Waals surface area contributed by atoms with Gasteiger partial charge < -0.3 is 4.74 Å². The van der Waals surface area contributed by atoms with Crippen molar-refractivity contribution in [2.45, 2.75) is 44.9 Å². The highest BCUT2D eigenvalue weighted by Gasteiger charge is 2.09. The maximum atomic E-state index is 11.6. The van der Waals surface area contributed by atoms with E-state index in [0.29, 0.717) is 6.61 Å². The molecule has 0 N–H and O–H groups in total. The van der Waals surface area contributed by atoms with E-state index in [1.54, 1.807) is 12.4 Å². The molecule has 102 valence electrons. The average molecular weight is 316 g/mol. The van der Waals surface area contributed by atoms with E-state index in [9.17, 15) is 4.79 Å². The SMILES string of the molecule is O=C(OCCCCCCCCBr)N1C=CCC=C1. The number of alkyl halides is 1. The molecule has 1 rings (SSSR count). The lowest BCUT2D eigenvalue weighted by Gasteiger charge is -2.15. The summed E-state index contributed by atoms with van der Waals surface area (Å²) in [7, 11) is 0. The first-order chi connectivity index (χ1) is 8.84. The molecule has 0 fully saturated rings. The van der Waals surface area contributed by atoms with Crippen molar-refractivity contribution in [3.63, 3.8) is 0 Å². The van der Waals surface area contributed by atoms with Crippen LogP contribution in [0, 0.1) is 0 Å². The Hall–Kier alpha value is -0.770. The van der Waals surface area contributed by atoms with Crippen molar-refractivity contribution < 1.29 is 9.53 Å². The minimum atomic E-state index is -0.276. The number of ether oxygens (including phenoxy) is 1. The lowest BCUT2D eigenvalue weighted by Crippen LogP contribution is -2.22. The highest BCUT2D eigenvalue weighted by molar-refractivity contribution is 9.09. The van der Waals surface area contributed by atoms with Crippen LogP contribution in [-0.4, -0.2) is 22.9 Å². The predicted molar refractivity (Wildman–Crippen MR) is 77.6 cm³/mol. The molecule has 1 heterocycles. The van der Waals surface area contributed by atoms with E-state index in [2.05, 4.69) is 15.9 Å². The van der Waals surface area contributed by atoms with Crippen molar-refractivity contribution in [1.29, 1.82) is 0 Å². The summed E-state index contributed by atoms with van der Waals surface area (Å²) >= 11 is 3.42. The van der Waals surface area contributed by atoms with Crippen molar-refractivity contribution >= 4 is 22.0 Å². The average Bonchev–Trinajstić information content (AvgIpc) is 2.42. The van der Waals surface area contributed by atoms with E-state index in [1.807, 2.05) is 12.2 Å². The van der Waals surface area contributed by atoms with Crippen molar-refractivity contribution in [2.24, 2.45) is 0 Å². The van der Waals surface area contributed by atoms with Crippen LogP contribution in [0.2, 0.25) is 0 Å². The summed E-state index contributed by atoms with van der Waals surface area (Å²) in [4.78, 5) is 13.1. The van der Waals surface area contributed by atoms with Crippen LogP contribution < -0.4 is 0 Å². The second-order valence-electron chi connectivity index (χ2n) is 4.34. The first kappa shape index (κ1) is 15.3. The Morgan fingerprint density at radius 1 is 1.06 bits per heavy atom. The molecule has 0 aromatic carbocycles. The van der Waals surface area contributed by atoms with Crippen LogP contribution in [0.1, 0.15) is 44.9 Å². The fourth-order valence-corrected chi connectivity index (χ4v) is 2.13. The Kier molecular flexibility index (Phi) is 8.65. The van der Waals surface area contributed by atoms with Gasteiger partial charge in [0.05, 0.1) is 6.61 Å². The van der Waals surface area contributed by atoms with Gasteiger partial charge in [-0.1, -0.05) is 53.8 Å². The molecule has 18 heavy (non-hydrogen) atoms. The molecule has 1 amide bonds. The van der Waals surface area contributed by atoms with E-state index >= 15 is 0 Å². The highest BCUT2D eigenvalue weighted by Crippen LogP contribution is 2.08. The number of carbonyl (C=O) groups is 1. The van der Waals surface area contributed by atoms with E-state index < -0.39 is 0 Å². The Bertz CT molecular complexity index is 278. The summed E-state index contributed by atoms with van der Waals surface area (Å²) in [5.74, 6) is 0. The number of unbranched alkanes of at least 4 members (excludes halogenated alkanes) is 5. The van der Waals surface area contributed by atoms with Gasteiger partial charge in [-0.15, -0.1) is 0 Å². The predicted octanol–water partition coefficient (Wildman–Crippen LogP) is 4.59. The minimum Gasteiger partial charge on any atom is -0.449 e. The smallest absolute Gasteiger partial charge is 0.417 e.